The van der Waals surface area contributed by atoms with Gasteiger partial charge in [0.25, 0.3) is 0 Å². The Morgan fingerprint density at radius 3 is 1.91 bits per heavy atom. The van der Waals surface area contributed by atoms with Crippen molar-refractivity contribution in [1.29, 1.82) is 0 Å². The van der Waals surface area contributed by atoms with Gasteiger partial charge < -0.3 is 24.8 Å². The van der Waals surface area contributed by atoms with Crippen LogP contribution in [-0.4, -0.2) is 19.4 Å². The number of allylic oxidation sites excluding steroid dienone is 4. The molecule has 0 aliphatic heterocycles. The fourth-order valence-corrected chi connectivity index (χ4v) is 7.52. The fourth-order valence-electron chi connectivity index (χ4n) is 4.35. The molecule has 5 heteroatoms. The molecule has 3 aliphatic rings. The molecule has 2 aromatic carbocycles. The molecule has 0 spiro atoms. The number of fused-ring (bicyclic) bond motifs is 3. The van der Waals surface area contributed by atoms with E-state index in [0.717, 1.165) is 12.8 Å². The summed E-state index contributed by atoms with van der Waals surface area (Å²) in [4.78, 5) is 0. The second-order valence-corrected chi connectivity index (χ2v) is 23.3. The monoisotopic (exact) mass is 616 g/mol. The summed E-state index contributed by atoms with van der Waals surface area (Å²) in [5, 5.41) is 3.03. The van der Waals surface area contributed by atoms with Gasteiger partial charge in [-0.1, -0.05) is 73.8 Å². The van der Waals surface area contributed by atoms with E-state index in [0.29, 0.717) is 0 Å². The Kier molecular flexibility index (Phi) is 13.6. The predicted octanol–water partition coefficient (Wildman–Crippen LogP) is 1.13. The Morgan fingerprint density at radius 1 is 0.800 bits per heavy atom. The van der Waals surface area contributed by atoms with Crippen molar-refractivity contribution >= 4 is 29.7 Å². The van der Waals surface area contributed by atoms with Gasteiger partial charge in [0.1, 0.15) is 0 Å². The molecule has 0 nitrogen and oxygen atoms in total. The third-order valence-electron chi connectivity index (χ3n) is 6.51. The van der Waals surface area contributed by atoms with Crippen molar-refractivity contribution in [2.45, 2.75) is 84.2 Å². The first-order valence-electron chi connectivity index (χ1n) is 12.5. The van der Waals surface area contributed by atoms with Crippen molar-refractivity contribution < 1.29 is 49.0 Å². The summed E-state index contributed by atoms with van der Waals surface area (Å²) < 4.78 is 1.80. The molecule has 0 N–H and O–H groups in total. The zero-order chi connectivity index (χ0) is 24.1. The average molecular weight is 619 g/mol. The number of rotatable bonds is 2. The van der Waals surface area contributed by atoms with Gasteiger partial charge in [-0.05, 0) is 6.42 Å². The molecule has 35 heavy (non-hydrogen) atoms. The van der Waals surface area contributed by atoms with Crippen molar-refractivity contribution in [2.75, 3.05) is 0 Å². The second kappa shape index (κ2) is 14.6. The summed E-state index contributed by atoms with van der Waals surface area (Å²) >= 11 is 1.69. The van der Waals surface area contributed by atoms with Gasteiger partial charge in [0.15, 0.2) is 0 Å². The van der Waals surface area contributed by atoms with Crippen LogP contribution in [0.4, 0.5) is 0 Å². The zero-order valence-electron chi connectivity index (χ0n) is 22.3. The van der Waals surface area contributed by atoms with Crippen LogP contribution in [0.5, 0.6) is 0 Å². The van der Waals surface area contributed by atoms with E-state index in [4.69, 9.17) is 0 Å². The first kappa shape index (κ1) is 32.7. The summed E-state index contributed by atoms with van der Waals surface area (Å²) in [6.45, 7) is 14.5. The van der Waals surface area contributed by atoms with Crippen LogP contribution in [0.2, 0.25) is 39.3 Å². The summed E-state index contributed by atoms with van der Waals surface area (Å²) in [5.41, 5.74) is 5.77. The van der Waals surface area contributed by atoms with Gasteiger partial charge in [0.2, 0.25) is 0 Å². The van der Waals surface area contributed by atoms with Crippen molar-refractivity contribution in [3.63, 3.8) is 0 Å². The Morgan fingerprint density at radius 2 is 1.46 bits per heavy atom. The molecule has 0 aromatic heterocycles. The maximum atomic E-state index is 3.74. The molecule has 0 saturated heterocycles. The Labute approximate surface area is 244 Å². The van der Waals surface area contributed by atoms with Gasteiger partial charge in [-0.3, -0.25) is 6.08 Å². The molecule has 0 atom stereocenters. The molecule has 1 fully saturated rings. The van der Waals surface area contributed by atoms with E-state index in [1.807, 2.05) is 12.2 Å². The van der Waals surface area contributed by atoms with E-state index in [1.54, 1.807) is 32.6 Å². The maximum absolute atomic E-state index is 3.74. The van der Waals surface area contributed by atoms with Gasteiger partial charge in [0, 0.05) is 0 Å². The van der Waals surface area contributed by atoms with Crippen LogP contribution in [0.15, 0.2) is 48.6 Å². The van der Waals surface area contributed by atoms with Crippen LogP contribution in [0.1, 0.15) is 49.7 Å². The molecular formula is C30H40Cl2Si2Zr-2. The number of halogens is 2. The molecule has 0 radical (unpaired) electrons. The van der Waals surface area contributed by atoms with Gasteiger partial charge in [0.05, 0.1) is 16.1 Å². The normalized spacial score (nSPS) is 15.5. The van der Waals surface area contributed by atoms with E-state index >= 15 is 0 Å². The quantitative estimate of drug-likeness (QED) is 0.299. The van der Waals surface area contributed by atoms with Crippen LogP contribution in [0.3, 0.4) is 0 Å². The third kappa shape index (κ3) is 9.82. The summed E-state index contributed by atoms with van der Waals surface area (Å²) in [5.74, 6) is 0. The molecule has 0 bridgehead atoms. The summed E-state index contributed by atoms with van der Waals surface area (Å²) in [7, 11) is -2.49. The topological polar surface area (TPSA) is 0 Å². The van der Waals surface area contributed by atoms with E-state index in [1.165, 1.54) is 59.5 Å². The minimum absolute atomic E-state index is 0. The van der Waals surface area contributed by atoms with Crippen molar-refractivity contribution in [3.8, 4) is 11.1 Å². The second-order valence-electron chi connectivity index (χ2n) is 11.5. The van der Waals surface area contributed by atoms with Gasteiger partial charge >= 0.3 is 59.5 Å². The molecular weight excluding hydrogens is 579 g/mol. The van der Waals surface area contributed by atoms with Crippen LogP contribution in [0.25, 0.3) is 11.1 Å². The van der Waals surface area contributed by atoms with Crippen molar-refractivity contribution in [2.24, 2.45) is 0 Å². The van der Waals surface area contributed by atoms with E-state index in [-0.39, 0.29) is 24.8 Å². The molecule has 0 unspecified atom stereocenters. The number of benzene rings is 2. The Balaban J connectivity index is 0.000000360. The van der Waals surface area contributed by atoms with Crippen molar-refractivity contribution in [1.82, 2.24) is 0 Å². The molecule has 0 amide bonds. The first-order chi connectivity index (χ1) is 15.6. The van der Waals surface area contributed by atoms with E-state index in [9.17, 15) is 0 Å². The first-order valence-corrected chi connectivity index (χ1v) is 20.8. The van der Waals surface area contributed by atoms with Gasteiger partial charge in [-0.2, -0.15) is 35.0 Å². The molecule has 188 valence electrons. The zero-order valence-corrected chi connectivity index (χ0v) is 28.3. The molecule has 5 rings (SSSR count). The van der Waals surface area contributed by atoms with E-state index < -0.39 is 16.1 Å². The fraction of sp³-hybridized carbons (Fsp3) is 0.433. The van der Waals surface area contributed by atoms with Gasteiger partial charge in [-0.25, -0.2) is 12.2 Å². The molecule has 0 heterocycles. The van der Waals surface area contributed by atoms with Crippen molar-refractivity contribution in [3.05, 3.63) is 71.8 Å². The molecule has 2 aromatic rings. The summed E-state index contributed by atoms with van der Waals surface area (Å²) in [6.07, 6.45) is 18.4. The van der Waals surface area contributed by atoms with Gasteiger partial charge in [-0.15, -0.1) is 12.0 Å². The van der Waals surface area contributed by atoms with Crippen LogP contribution in [-0.2, 0) is 30.7 Å². The number of hydrogen-bond donors (Lipinski definition) is 0. The summed E-state index contributed by atoms with van der Waals surface area (Å²) in [6, 6.07) is 15.5. The predicted molar refractivity (Wildman–Crippen MR) is 149 cm³/mol. The Bertz CT molecular complexity index is 964. The molecule has 1 saturated carbocycles. The SMILES string of the molecule is C[Si](C)(C)c1[c-]c2c(cc1)-c1ccc([Si](C)(C)C)cc1C2.[C-]1=CC=CC1.[Cl-].[Cl-].[Zr+2]=[C]1CCCCC1. The van der Waals surface area contributed by atoms with Crippen LogP contribution < -0.4 is 35.2 Å². The van der Waals surface area contributed by atoms with E-state index in [2.05, 4.69) is 87.8 Å². The van der Waals surface area contributed by atoms with Crippen LogP contribution >= 0.6 is 0 Å². The molecule has 3 aliphatic carbocycles. The average Bonchev–Trinajstić information content (AvgIpc) is 3.44. The standard InChI is InChI=1S/C19H25Si2.C6H10.C5H5.2ClH.Zr/c1-20(2,3)16-7-9-18-14(12-16)11-15-13-17(21(4,5)6)8-10-19(15)18;1-2-4-6-5-3-1;1-2-4-5-3-1;;;/h7-10,12H,11H2,1-6H3;1-5H2;1-3H,4H2;2*1H;/q-1;;-1;;;+2/p-2. The third-order valence-corrected chi connectivity index (χ3v) is 11.7. The minimum atomic E-state index is -1.27. The van der Waals surface area contributed by atoms with Crippen LogP contribution in [0, 0.1) is 12.1 Å². The Hall–Kier alpha value is -0.313. The number of hydrogen-bond acceptors (Lipinski definition) is 0.